The summed E-state index contributed by atoms with van der Waals surface area (Å²) in [6.07, 6.45) is 3.26. The number of carbonyl (C=O) groups excluding carboxylic acids is 1. The lowest BCUT2D eigenvalue weighted by Gasteiger charge is -2.08. The van der Waals surface area contributed by atoms with E-state index in [-0.39, 0.29) is 12.5 Å². The molecule has 4 nitrogen and oxygen atoms in total. The van der Waals surface area contributed by atoms with E-state index < -0.39 is 0 Å². The van der Waals surface area contributed by atoms with E-state index >= 15 is 0 Å². The predicted octanol–water partition coefficient (Wildman–Crippen LogP) is 3.49. The third-order valence-electron chi connectivity index (χ3n) is 3.49. The van der Waals surface area contributed by atoms with Crippen molar-refractivity contribution >= 4 is 11.6 Å². The first-order chi connectivity index (χ1) is 11.3. The molecule has 0 fully saturated rings. The van der Waals surface area contributed by atoms with Crippen LogP contribution in [0.25, 0.3) is 11.1 Å². The molecular weight excluding hydrogens is 288 g/mol. The molecule has 1 amide bonds. The number of rotatable bonds is 4. The minimum Gasteiger partial charge on any atom is -0.392 e. The minimum atomic E-state index is -0.182. The average Bonchev–Trinajstić information content (AvgIpc) is 2.63. The van der Waals surface area contributed by atoms with Crippen LogP contribution in [-0.4, -0.2) is 16.0 Å². The van der Waals surface area contributed by atoms with Crippen LogP contribution < -0.4 is 5.32 Å². The first-order valence-electron chi connectivity index (χ1n) is 7.28. The van der Waals surface area contributed by atoms with Gasteiger partial charge in [0, 0.05) is 11.8 Å². The van der Waals surface area contributed by atoms with Crippen molar-refractivity contribution in [1.82, 2.24) is 4.98 Å². The van der Waals surface area contributed by atoms with Crippen LogP contribution in [0.5, 0.6) is 0 Å². The second-order valence-electron chi connectivity index (χ2n) is 5.14. The third kappa shape index (κ3) is 3.62. The van der Waals surface area contributed by atoms with Gasteiger partial charge in [0.05, 0.1) is 18.5 Å². The van der Waals surface area contributed by atoms with Gasteiger partial charge in [-0.25, -0.2) is 0 Å². The zero-order chi connectivity index (χ0) is 16.1. The van der Waals surface area contributed by atoms with Gasteiger partial charge in [0.25, 0.3) is 5.91 Å². The van der Waals surface area contributed by atoms with E-state index in [2.05, 4.69) is 10.3 Å². The molecule has 3 aromatic rings. The molecule has 114 valence electrons. The lowest BCUT2D eigenvalue weighted by atomic mass is 10.0. The highest BCUT2D eigenvalue weighted by Crippen LogP contribution is 2.22. The van der Waals surface area contributed by atoms with Crippen LogP contribution in [0.15, 0.2) is 73.1 Å². The monoisotopic (exact) mass is 304 g/mol. The number of aliphatic hydroxyl groups is 1. The molecule has 0 unspecified atom stereocenters. The molecule has 1 heterocycles. The van der Waals surface area contributed by atoms with Crippen LogP contribution in [0.1, 0.15) is 15.9 Å². The first kappa shape index (κ1) is 14.9. The summed E-state index contributed by atoms with van der Waals surface area (Å²) in [5.41, 5.74) is 3.96. The molecule has 0 saturated carbocycles. The Labute approximate surface area is 134 Å². The number of amides is 1. The van der Waals surface area contributed by atoms with Gasteiger partial charge in [-0.05, 0) is 47.0 Å². The molecule has 23 heavy (non-hydrogen) atoms. The number of hydrogen-bond donors (Lipinski definition) is 2. The fourth-order valence-corrected chi connectivity index (χ4v) is 2.33. The van der Waals surface area contributed by atoms with Crippen LogP contribution >= 0.6 is 0 Å². The highest BCUT2D eigenvalue weighted by Gasteiger charge is 2.08. The Morgan fingerprint density at radius 2 is 1.78 bits per heavy atom. The molecule has 1 aromatic heterocycles. The highest BCUT2D eigenvalue weighted by molar-refractivity contribution is 6.04. The van der Waals surface area contributed by atoms with Crippen molar-refractivity contribution in [1.29, 1.82) is 0 Å². The second kappa shape index (κ2) is 6.85. The Bertz CT molecular complexity index is 816. The van der Waals surface area contributed by atoms with Gasteiger partial charge in [-0.2, -0.15) is 0 Å². The summed E-state index contributed by atoms with van der Waals surface area (Å²) in [6.45, 7) is -0.00494. The number of pyridine rings is 1. The molecule has 0 aliphatic carbocycles. The number of nitrogens with one attached hydrogen (secondary N) is 1. The van der Waals surface area contributed by atoms with Gasteiger partial charge >= 0.3 is 0 Å². The highest BCUT2D eigenvalue weighted by atomic mass is 16.3. The standard InChI is InChI=1S/C19H16N2O2/c22-13-14-4-1-5-15(10-14)16-6-2-7-17(11-16)19(23)21-18-8-3-9-20-12-18/h1-12,22H,13H2,(H,21,23). The van der Waals surface area contributed by atoms with Crippen molar-refractivity contribution < 1.29 is 9.90 Å². The Morgan fingerprint density at radius 3 is 2.52 bits per heavy atom. The number of hydrogen-bond acceptors (Lipinski definition) is 3. The molecule has 0 atom stereocenters. The molecule has 0 bridgehead atoms. The summed E-state index contributed by atoms with van der Waals surface area (Å²) < 4.78 is 0. The molecule has 0 aliphatic heterocycles. The largest absolute Gasteiger partial charge is 0.392 e. The van der Waals surface area contributed by atoms with Crippen LogP contribution in [0.3, 0.4) is 0 Å². The molecule has 2 aromatic carbocycles. The SMILES string of the molecule is O=C(Nc1cccnc1)c1cccc(-c2cccc(CO)c2)c1. The number of aliphatic hydroxyl groups excluding tert-OH is 1. The zero-order valence-electron chi connectivity index (χ0n) is 12.4. The summed E-state index contributed by atoms with van der Waals surface area (Å²) in [5, 5.41) is 12.1. The number of benzene rings is 2. The van der Waals surface area contributed by atoms with Gasteiger partial charge in [-0.15, -0.1) is 0 Å². The molecule has 0 saturated heterocycles. The fraction of sp³-hybridized carbons (Fsp3) is 0.0526. The Morgan fingerprint density at radius 1 is 1.00 bits per heavy atom. The zero-order valence-corrected chi connectivity index (χ0v) is 12.4. The predicted molar refractivity (Wildman–Crippen MR) is 90.0 cm³/mol. The minimum absolute atomic E-state index is 0.00494. The first-order valence-corrected chi connectivity index (χ1v) is 7.28. The van der Waals surface area contributed by atoms with Gasteiger partial charge < -0.3 is 10.4 Å². The van der Waals surface area contributed by atoms with E-state index in [1.807, 2.05) is 42.5 Å². The maximum atomic E-state index is 12.3. The van der Waals surface area contributed by atoms with Crippen molar-refractivity contribution in [2.24, 2.45) is 0 Å². The maximum Gasteiger partial charge on any atom is 0.255 e. The Hall–Kier alpha value is -2.98. The maximum absolute atomic E-state index is 12.3. The van der Waals surface area contributed by atoms with Crippen LogP contribution in [0.2, 0.25) is 0 Å². The second-order valence-corrected chi connectivity index (χ2v) is 5.14. The number of nitrogens with zero attached hydrogens (tertiary/aromatic N) is 1. The number of carbonyl (C=O) groups is 1. The molecule has 2 N–H and O–H groups in total. The van der Waals surface area contributed by atoms with E-state index in [1.165, 1.54) is 0 Å². The normalized spacial score (nSPS) is 10.3. The van der Waals surface area contributed by atoms with E-state index in [0.717, 1.165) is 16.7 Å². The smallest absolute Gasteiger partial charge is 0.255 e. The molecule has 0 spiro atoms. The van der Waals surface area contributed by atoms with Crippen LogP contribution in [0, 0.1) is 0 Å². The summed E-state index contributed by atoms with van der Waals surface area (Å²) in [4.78, 5) is 16.3. The third-order valence-corrected chi connectivity index (χ3v) is 3.49. The van der Waals surface area contributed by atoms with Crippen LogP contribution in [0.4, 0.5) is 5.69 Å². The molecule has 0 aliphatic rings. The summed E-state index contributed by atoms with van der Waals surface area (Å²) in [5.74, 6) is -0.182. The van der Waals surface area contributed by atoms with Crippen molar-refractivity contribution in [3.05, 3.63) is 84.2 Å². The molecule has 3 rings (SSSR count). The quantitative estimate of drug-likeness (QED) is 0.775. The van der Waals surface area contributed by atoms with Crippen LogP contribution in [-0.2, 0) is 6.61 Å². The Balaban J connectivity index is 1.86. The van der Waals surface area contributed by atoms with Gasteiger partial charge in [-0.3, -0.25) is 9.78 Å². The summed E-state index contributed by atoms with van der Waals surface area (Å²) in [7, 11) is 0. The van der Waals surface area contributed by atoms with Crippen molar-refractivity contribution in [3.63, 3.8) is 0 Å². The van der Waals surface area contributed by atoms with E-state index in [0.29, 0.717) is 11.3 Å². The molecular formula is C19H16N2O2. The summed E-state index contributed by atoms with van der Waals surface area (Å²) in [6, 6.07) is 18.6. The van der Waals surface area contributed by atoms with Gasteiger partial charge in [0.15, 0.2) is 0 Å². The van der Waals surface area contributed by atoms with E-state index in [9.17, 15) is 9.90 Å². The number of aromatic nitrogens is 1. The van der Waals surface area contributed by atoms with Crippen molar-refractivity contribution in [3.8, 4) is 11.1 Å². The number of anilines is 1. The lowest BCUT2D eigenvalue weighted by Crippen LogP contribution is -2.11. The van der Waals surface area contributed by atoms with E-state index in [4.69, 9.17) is 0 Å². The molecule has 0 radical (unpaired) electrons. The van der Waals surface area contributed by atoms with Crippen molar-refractivity contribution in [2.45, 2.75) is 6.61 Å². The molecule has 4 heteroatoms. The summed E-state index contributed by atoms with van der Waals surface area (Å²) >= 11 is 0. The lowest BCUT2D eigenvalue weighted by molar-refractivity contribution is 0.102. The fourth-order valence-electron chi connectivity index (χ4n) is 2.33. The van der Waals surface area contributed by atoms with Gasteiger partial charge in [-0.1, -0.05) is 30.3 Å². The van der Waals surface area contributed by atoms with Gasteiger partial charge in [0.2, 0.25) is 0 Å². The van der Waals surface area contributed by atoms with Gasteiger partial charge in [0.1, 0.15) is 0 Å². The van der Waals surface area contributed by atoms with Crippen molar-refractivity contribution in [2.75, 3.05) is 5.32 Å². The van der Waals surface area contributed by atoms with E-state index in [1.54, 1.807) is 30.6 Å². The Kier molecular flexibility index (Phi) is 4.45. The topological polar surface area (TPSA) is 62.2 Å². The average molecular weight is 304 g/mol.